The first-order valence-corrected chi connectivity index (χ1v) is 9.46. The van der Waals surface area contributed by atoms with E-state index < -0.39 is 0 Å². The van der Waals surface area contributed by atoms with Crippen molar-refractivity contribution < 1.29 is 9.59 Å². The summed E-state index contributed by atoms with van der Waals surface area (Å²) in [6.45, 7) is 3.48. The Balaban J connectivity index is 1.71. The molecule has 0 radical (unpaired) electrons. The molecular formula is C19H20N6O2S. The number of pyridine rings is 1. The number of thioether (sulfide) groups is 1. The second-order valence-corrected chi connectivity index (χ2v) is 7.48. The largest absolute Gasteiger partial charge is 0.326 e. The summed E-state index contributed by atoms with van der Waals surface area (Å²) in [6.07, 6.45) is 3.14. The van der Waals surface area contributed by atoms with Gasteiger partial charge in [-0.1, -0.05) is 23.9 Å². The molecule has 144 valence electrons. The summed E-state index contributed by atoms with van der Waals surface area (Å²) in [6, 6.07) is 10.8. The Kier molecular flexibility index (Phi) is 6.05. The van der Waals surface area contributed by atoms with Gasteiger partial charge in [-0.2, -0.15) is 0 Å². The first-order chi connectivity index (χ1) is 13.4. The van der Waals surface area contributed by atoms with Gasteiger partial charge in [0.15, 0.2) is 5.16 Å². The zero-order valence-electron chi connectivity index (χ0n) is 15.7. The molecule has 2 aromatic heterocycles. The van der Waals surface area contributed by atoms with E-state index in [2.05, 4.69) is 32.7 Å². The normalized spacial score (nSPS) is 11.7. The third kappa shape index (κ3) is 4.95. The van der Waals surface area contributed by atoms with Gasteiger partial charge >= 0.3 is 0 Å². The Morgan fingerprint density at radius 3 is 2.64 bits per heavy atom. The highest BCUT2D eigenvalue weighted by atomic mass is 32.2. The van der Waals surface area contributed by atoms with Crippen LogP contribution in [-0.4, -0.2) is 31.6 Å². The van der Waals surface area contributed by atoms with Crippen molar-refractivity contribution >= 4 is 35.0 Å². The summed E-state index contributed by atoms with van der Waals surface area (Å²) in [7, 11) is 1.90. The monoisotopic (exact) mass is 396 g/mol. The zero-order chi connectivity index (χ0) is 20.1. The number of aryl methyl sites for hydroxylation is 1. The van der Waals surface area contributed by atoms with Crippen molar-refractivity contribution in [2.24, 2.45) is 7.05 Å². The minimum Gasteiger partial charge on any atom is -0.326 e. The molecule has 3 aromatic rings. The number of nitrogens with one attached hydrogen (secondary N) is 2. The Hall–Kier alpha value is -3.20. The molecule has 0 aliphatic heterocycles. The van der Waals surface area contributed by atoms with E-state index in [9.17, 15) is 9.59 Å². The zero-order valence-corrected chi connectivity index (χ0v) is 16.5. The van der Waals surface area contributed by atoms with Crippen molar-refractivity contribution in [1.82, 2.24) is 19.7 Å². The van der Waals surface area contributed by atoms with E-state index >= 15 is 0 Å². The van der Waals surface area contributed by atoms with Gasteiger partial charge in [-0.05, 0) is 36.8 Å². The van der Waals surface area contributed by atoms with Crippen LogP contribution in [0.3, 0.4) is 0 Å². The molecule has 0 bridgehead atoms. The van der Waals surface area contributed by atoms with Crippen LogP contribution in [0.5, 0.6) is 0 Å². The van der Waals surface area contributed by atoms with Crippen LogP contribution in [0.1, 0.15) is 35.1 Å². The number of hydrogen-bond acceptors (Lipinski definition) is 6. The minimum atomic E-state index is -0.349. The number of benzene rings is 1. The topological polar surface area (TPSA) is 102 Å². The van der Waals surface area contributed by atoms with E-state index in [4.69, 9.17) is 0 Å². The Morgan fingerprint density at radius 1 is 1.14 bits per heavy atom. The molecule has 0 fully saturated rings. The molecule has 0 saturated carbocycles. The van der Waals surface area contributed by atoms with Crippen molar-refractivity contribution in [3.63, 3.8) is 0 Å². The van der Waals surface area contributed by atoms with Gasteiger partial charge in [0.25, 0.3) is 5.91 Å². The summed E-state index contributed by atoms with van der Waals surface area (Å²) < 4.78 is 1.86. The lowest BCUT2D eigenvalue weighted by Gasteiger charge is -2.13. The summed E-state index contributed by atoms with van der Waals surface area (Å²) in [5, 5.41) is 14.4. The van der Waals surface area contributed by atoms with Crippen LogP contribution in [0, 0.1) is 0 Å². The molecule has 0 saturated heterocycles. The van der Waals surface area contributed by atoms with Gasteiger partial charge in [0.2, 0.25) is 5.91 Å². The third-order valence-electron chi connectivity index (χ3n) is 3.88. The van der Waals surface area contributed by atoms with Crippen LogP contribution in [0.2, 0.25) is 0 Å². The number of carbonyl (C=O) groups is 2. The van der Waals surface area contributed by atoms with Gasteiger partial charge in [0, 0.05) is 36.8 Å². The Morgan fingerprint density at radius 2 is 1.93 bits per heavy atom. The SMILES string of the molecule is CC(=O)Nc1ccnc(C(=O)Nc2cccc(C(C)Sc3nncn3C)c2)c1. The summed E-state index contributed by atoms with van der Waals surface area (Å²) in [4.78, 5) is 27.8. The first kappa shape index (κ1) is 19.6. The number of amides is 2. The first-order valence-electron chi connectivity index (χ1n) is 8.58. The Labute approximate surface area is 166 Å². The van der Waals surface area contributed by atoms with E-state index in [0.717, 1.165) is 10.7 Å². The van der Waals surface area contributed by atoms with Crippen molar-refractivity contribution in [2.75, 3.05) is 10.6 Å². The second kappa shape index (κ2) is 8.66. The lowest BCUT2D eigenvalue weighted by atomic mass is 10.1. The van der Waals surface area contributed by atoms with Gasteiger partial charge < -0.3 is 15.2 Å². The third-order valence-corrected chi connectivity index (χ3v) is 5.09. The lowest BCUT2D eigenvalue weighted by Crippen LogP contribution is -2.15. The standard InChI is InChI=1S/C19H20N6O2S/c1-12(28-19-24-21-11-25(19)3)14-5-4-6-15(9-14)23-18(27)17-10-16(7-8-20-17)22-13(2)26/h4-12H,1-3H3,(H,23,27)(H,20,22,26). The van der Waals surface area contributed by atoms with E-state index in [-0.39, 0.29) is 22.8 Å². The van der Waals surface area contributed by atoms with Gasteiger partial charge in [-0.15, -0.1) is 10.2 Å². The van der Waals surface area contributed by atoms with E-state index in [1.807, 2.05) is 35.9 Å². The fraction of sp³-hybridized carbons (Fsp3) is 0.211. The smallest absolute Gasteiger partial charge is 0.274 e. The number of aromatic nitrogens is 4. The Bertz CT molecular complexity index is 1000. The molecule has 3 rings (SSSR count). The summed E-state index contributed by atoms with van der Waals surface area (Å²) >= 11 is 1.59. The molecule has 1 unspecified atom stereocenters. The van der Waals surface area contributed by atoms with Crippen LogP contribution >= 0.6 is 11.8 Å². The second-order valence-electron chi connectivity index (χ2n) is 6.18. The van der Waals surface area contributed by atoms with Crippen LogP contribution in [0.15, 0.2) is 54.1 Å². The fourth-order valence-corrected chi connectivity index (χ4v) is 3.41. The van der Waals surface area contributed by atoms with Crippen molar-refractivity contribution in [3.05, 3.63) is 60.2 Å². The van der Waals surface area contributed by atoms with Crippen LogP contribution in [-0.2, 0) is 11.8 Å². The highest BCUT2D eigenvalue weighted by Gasteiger charge is 2.13. The highest BCUT2D eigenvalue weighted by Crippen LogP contribution is 2.34. The minimum absolute atomic E-state index is 0.126. The molecule has 0 spiro atoms. The van der Waals surface area contributed by atoms with Gasteiger partial charge in [0.1, 0.15) is 12.0 Å². The van der Waals surface area contributed by atoms with Crippen LogP contribution in [0.4, 0.5) is 11.4 Å². The van der Waals surface area contributed by atoms with Crippen molar-refractivity contribution in [3.8, 4) is 0 Å². The van der Waals surface area contributed by atoms with E-state index in [0.29, 0.717) is 11.4 Å². The maximum atomic E-state index is 12.5. The maximum absolute atomic E-state index is 12.5. The van der Waals surface area contributed by atoms with E-state index in [1.54, 1.807) is 24.2 Å². The molecule has 1 aromatic carbocycles. The van der Waals surface area contributed by atoms with Gasteiger partial charge in [0.05, 0.1) is 0 Å². The maximum Gasteiger partial charge on any atom is 0.274 e. The molecule has 1 atom stereocenters. The molecule has 2 N–H and O–H groups in total. The van der Waals surface area contributed by atoms with Gasteiger partial charge in [-0.25, -0.2) is 0 Å². The molecule has 28 heavy (non-hydrogen) atoms. The van der Waals surface area contributed by atoms with Crippen LogP contribution < -0.4 is 10.6 Å². The predicted octanol–water partition coefficient (Wildman–Crippen LogP) is 3.27. The average Bonchev–Trinajstić information content (AvgIpc) is 3.06. The molecule has 8 nitrogen and oxygen atoms in total. The molecule has 9 heteroatoms. The molecule has 2 heterocycles. The number of carbonyl (C=O) groups excluding carboxylic acids is 2. The molecule has 0 aliphatic carbocycles. The molecule has 0 aliphatic rings. The van der Waals surface area contributed by atoms with Crippen molar-refractivity contribution in [1.29, 1.82) is 0 Å². The fourth-order valence-electron chi connectivity index (χ4n) is 2.51. The van der Waals surface area contributed by atoms with Crippen LogP contribution in [0.25, 0.3) is 0 Å². The number of anilines is 2. The lowest BCUT2D eigenvalue weighted by molar-refractivity contribution is -0.114. The summed E-state index contributed by atoms with van der Waals surface area (Å²) in [5.41, 5.74) is 2.46. The number of rotatable bonds is 6. The number of nitrogens with zero attached hydrogens (tertiary/aromatic N) is 4. The molecule has 2 amide bonds. The molecular weight excluding hydrogens is 376 g/mol. The summed E-state index contributed by atoms with van der Waals surface area (Å²) in [5.74, 6) is -0.558. The van der Waals surface area contributed by atoms with E-state index in [1.165, 1.54) is 19.2 Å². The van der Waals surface area contributed by atoms with Gasteiger partial charge in [-0.3, -0.25) is 14.6 Å². The highest BCUT2D eigenvalue weighted by molar-refractivity contribution is 7.99. The predicted molar refractivity (Wildman–Crippen MR) is 108 cm³/mol. The number of hydrogen-bond donors (Lipinski definition) is 2. The average molecular weight is 396 g/mol. The quantitative estimate of drug-likeness (QED) is 0.620. The van der Waals surface area contributed by atoms with Crippen molar-refractivity contribution in [2.45, 2.75) is 24.3 Å².